The molecule has 1 heterocycles. The van der Waals surface area contributed by atoms with Crippen LogP contribution in [0, 0.1) is 0 Å². The highest BCUT2D eigenvalue weighted by atomic mass is 16.1. The lowest BCUT2D eigenvalue weighted by Gasteiger charge is -2.35. The Labute approximate surface area is 92.7 Å². The number of piperazine rings is 1. The SMILES string of the molecule is C=C(CCCC(C)=O)N1CCN(C)CC1. The predicted molar refractivity (Wildman–Crippen MR) is 62.7 cm³/mol. The van der Waals surface area contributed by atoms with Crippen LogP contribution >= 0.6 is 0 Å². The summed E-state index contributed by atoms with van der Waals surface area (Å²) in [5.41, 5.74) is 1.20. The van der Waals surface area contributed by atoms with Crippen molar-refractivity contribution >= 4 is 5.78 Å². The minimum atomic E-state index is 0.279. The van der Waals surface area contributed by atoms with Gasteiger partial charge in [0.05, 0.1) is 0 Å². The van der Waals surface area contributed by atoms with Gasteiger partial charge in [0.1, 0.15) is 5.78 Å². The number of hydrogen-bond donors (Lipinski definition) is 0. The summed E-state index contributed by atoms with van der Waals surface area (Å²) in [5, 5.41) is 0. The first-order chi connectivity index (χ1) is 7.09. The van der Waals surface area contributed by atoms with Crippen LogP contribution in [0.3, 0.4) is 0 Å². The van der Waals surface area contributed by atoms with Crippen LogP contribution in [0.4, 0.5) is 0 Å². The molecule has 0 aromatic rings. The van der Waals surface area contributed by atoms with Gasteiger partial charge in [-0.1, -0.05) is 6.58 Å². The number of carbonyl (C=O) groups is 1. The molecule has 3 heteroatoms. The molecule has 86 valence electrons. The Kier molecular flexibility index (Phi) is 4.82. The van der Waals surface area contributed by atoms with E-state index < -0.39 is 0 Å². The number of Topliss-reactive ketones (excluding diaryl/α,β-unsaturated/α-hetero) is 1. The molecule has 0 spiro atoms. The van der Waals surface area contributed by atoms with Crippen LogP contribution in [0.5, 0.6) is 0 Å². The molecule has 0 aliphatic carbocycles. The molecule has 0 radical (unpaired) electrons. The third kappa shape index (κ3) is 4.47. The molecule has 1 fully saturated rings. The minimum absolute atomic E-state index is 0.279. The molecule has 0 amide bonds. The Hall–Kier alpha value is -0.830. The molecule has 0 aromatic carbocycles. The summed E-state index contributed by atoms with van der Waals surface area (Å²) in [4.78, 5) is 15.5. The average molecular weight is 210 g/mol. The lowest BCUT2D eigenvalue weighted by molar-refractivity contribution is -0.117. The van der Waals surface area contributed by atoms with Crippen molar-refractivity contribution in [3.8, 4) is 0 Å². The zero-order chi connectivity index (χ0) is 11.3. The summed E-state index contributed by atoms with van der Waals surface area (Å²) in [6.07, 6.45) is 2.59. The highest BCUT2D eigenvalue weighted by Crippen LogP contribution is 2.13. The highest BCUT2D eigenvalue weighted by molar-refractivity contribution is 5.75. The number of likely N-dealkylation sites (N-methyl/N-ethyl adjacent to an activating group) is 1. The number of hydrogen-bond acceptors (Lipinski definition) is 3. The van der Waals surface area contributed by atoms with E-state index in [-0.39, 0.29) is 5.78 Å². The predicted octanol–water partition coefficient (Wildman–Crippen LogP) is 1.51. The van der Waals surface area contributed by atoms with E-state index in [4.69, 9.17) is 0 Å². The zero-order valence-corrected chi connectivity index (χ0v) is 9.96. The van der Waals surface area contributed by atoms with Crippen molar-refractivity contribution in [2.45, 2.75) is 26.2 Å². The molecule has 0 aromatic heterocycles. The first-order valence-corrected chi connectivity index (χ1v) is 5.70. The van der Waals surface area contributed by atoms with Crippen molar-refractivity contribution in [3.63, 3.8) is 0 Å². The molecule has 0 unspecified atom stereocenters. The maximum absolute atomic E-state index is 10.8. The van der Waals surface area contributed by atoms with Crippen LogP contribution in [-0.4, -0.2) is 48.8 Å². The van der Waals surface area contributed by atoms with Gasteiger partial charge in [0, 0.05) is 38.3 Å². The number of allylic oxidation sites excluding steroid dienone is 1. The molecule has 0 N–H and O–H groups in total. The lowest BCUT2D eigenvalue weighted by Crippen LogP contribution is -2.43. The highest BCUT2D eigenvalue weighted by Gasteiger charge is 2.14. The van der Waals surface area contributed by atoms with Gasteiger partial charge in [-0.25, -0.2) is 0 Å². The maximum atomic E-state index is 10.8. The van der Waals surface area contributed by atoms with Crippen LogP contribution in [0.25, 0.3) is 0 Å². The van der Waals surface area contributed by atoms with E-state index >= 15 is 0 Å². The van der Waals surface area contributed by atoms with Crippen molar-refractivity contribution in [1.82, 2.24) is 9.80 Å². The lowest BCUT2D eigenvalue weighted by atomic mass is 10.1. The molecular weight excluding hydrogens is 188 g/mol. The molecule has 1 aliphatic heterocycles. The number of nitrogens with zero attached hydrogens (tertiary/aromatic N) is 2. The van der Waals surface area contributed by atoms with Gasteiger partial charge in [0.2, 0.25) is 0 Å². The number of carbonyl (C=O) groups excluding carboxylic acids is 1. The summed E-state index contributed by atoms with van der Waals surface area (Å²) >= 11 is 0. The van der Waals surface area contributed by atoms with E-state index in [9.17, 15) is 4.79 Å². The average Bonchev–Trinajstić information content (AvgIpc) is 2.18. The van der Waals surface area contributed by atoms with E-state index in [1.165, 1.54) is 5.70 Å². The Morgan fingerprint density at radius 1 is 1.20 bits per heavy atom. The topological polar surface area (TPSA) is 23.6 Å². The van der Waals surface area contributed by atoms with Crippen molar-refractivity contribution in [3.05, 3.63) is 12.3 Å². The van der Waals surface area contributed by atoms with Gasteiger partial charge >= 0.3 is 0 Å². The quantitative estimate of drug-likeness (QED) is 0.687. The van der Waals surface area contributed by atoms with Crippen molar-refractivity contribution in [2.75, 3.05) is 33.2 Å². The van der Waals surface area contributed by atoms with Gasteiger partial charge in [-0.15, -0.1) is 0 Å². The van der Waals surface area contributed by atoms with Crippen molar-refractivity contribution in [1.29, 1.82) is 0 Å². The number of ketones is 1. The monoisotopic (exact) mass is 210 g/mol. The van der Waals surface area contributed by atoms with Crippen LogP contribution in [-0.2, 0) is 4.79 Å². The van der Waals surface area contributed by atoms with Gasteiger partial charge in [0.25, 0.3) is 0 Å². The van der Waals surface area contributed by atoms with Crippen LogP contribution in [0.1, 0.15) is 26.2 Å². The van der Waals surface area contributed by atoms with Crippen molar-refractivity contribution in [2.24, 2.45) is 0 Å². The minimum Gasteiger partial charge on any atom is -0.373 e. The molecule has 0 saturated carbocycles. The van der Waals surface area contributed by atoms with Crippen molar-refractivity contribution < 1.29 is 4.79 Å². The third-order valence-electron chi connectivity index (χ3n) is 2.94. The van der Waals surface area contributed by atoms with Crippen LogP contribution in [0.2, 0.25) is 0 Å². The molecule has 1 aliphatic rings. The van der Waals surface area contributed by atoms with Gasteiger partial charge in [-0.3, -0.25) is 0 Å². The summed E-state index contributed by atoms with van der Waals surface area (Å²) in [7, 11) is 2.15. The van der Waals surface area contributed by atoms with Gasteiger partial charge in [-0.2, -0.15) is 0 Å². The van der Waals surface area contributed by atoms with E-state index in [2.05, 4.69) is 23.4 Å². The fourth-order valence-corrected chi connectivity index (χ4v) is 1.82. The Morgan fingerprint density at radius 2 is 1.80 bits per heavy atom. The summed E-state index contributed by atoms with van der Waals surface area (Å²) < 4.78 is 0. The van der Waals surface area contributed by atoms with E-state index in [0.717, 1.165) is 39.0 Å². The normalized spacial score (nSPS) is 17.9. The Morgan fingerprint density at radius 3 is 2.33 bits per heavy atom. The van der Waals surface area contributed by atoms with E-state index in [1.807, 2.05) is 0 Å². The van der Waals surface area contributed by atoms with E-state index in [1.54, 1.807) is 6.92 Å². The third-order valence-corrected chi connectivity index (χ3v) is 2.94. The second kappa shape index (κ2) is 5.91. The van der Waals surface area contributed by atoms with E-state index in [0.29, 0.717) is 6.42 Å². The summed E-state index contributed by atoms with van der Waals surface area (Å²) in [6, 6.07) is 0. The largest absolute Gasteiger partial charge is 0.373 e. The second-order valence-corrected chi connectivity index (χ2v) is 4.41. The summed E-state index contributed by atoms with van der Waals surface area (Å²) in [5.74, 6) is 0.279. The molecule has 3 nitrogen and oxygen atoms in total. The standard InChI is InChI=1S/C12H22N2O/c1-11(5-4-6-12(2)15)14-9-7-13(3)8-10-14/h1,4-10H2,2-3H3. The molecule has 15 heavy (non-hydrogen) atoms. The first-order valence-electron chi connectivity index (χ1n) is 5.70. The van der Waals surface area contributed by atoms with Crippen LogP contribution in [0.15, 0.2) is 12.3 Å². The molecular formula is C12H22N2O. The molecule has 1 rings (SSSR count). The van der Waals surface area contributed by atoms with Gasteiger partial charge in [-0.05, 0) is 26.8 Å². The number of rotatable bonds is 5. The molecule has 0 atom stereocenters. The maximum Gasteiger partial charge on any atom is 0.129 e. The van der Waals surface area contributed by atoms with Gasteiger partial charge < -0.3 is 14.6 Å². The first kappa shape index (κ1) is 12.2. The molecule has 0 bridgehead atoms. The fourth-order valence-electron chi connectivity index (χ4n) is 1.82. The Balaban J connectivity index is 2.19. The van der Waals surface area contributed by atoms with Gasteiger partial charge in [0.15, 0.2) is 0 Å². The second-order valence-electron chi connectivity index (χ2n) is 4.41. The van der Waals surface area contributed by atoms with Crippen LogP contribution < -0.4 is 0 Å². The zero-order valence-electron chi connectivity index (χ0n) is 9.96. The Bertz CT molecular complexity index is 230. The fraction of sp³-hybridized carbons (Fsp3) is 0.750. The molecule has 1 saturated heterocycles. The smallest absolute Gasteiger partial charge is 0.129 e. The summed E-state index contributed by atoms with van der Waals surface area (Å²) in [6.45, 7) is 10.1.